The van der Waals surface area contributed by atoms with E-state index in [-0.39, 0.29) is 23.4 Å². The molecular weight excluding hydrogens is 311 g/mol. The average Bonchev–Trinajstić information content (AvgIpc) is 2.45. The van der Waals surface area contributed by atoms with Crippen molar-refractivity contribution in [2.45, 2.75) is 26.4 Å². The lowest BCUT2D eigenvalue weighted by Gasteiger charge is -2.16. The van der Waals surface area contributed by atoms with Crippen LogP contribution in [0.2, 0.25) is 0 Å². The van der Waals surface area contributed by atoms with Gasteiger partial charge in [0.05, 0.1) is 12.1 Å². The van der Waals surface area contributed by atoms with Crippen LogP contribution in [0.15, 0.2) is 23.9 Å². The molecule has 0 aliphatic carbocycles. The quantitative estimate of drug-likeness (QED) is 0.812. The summed E-state index contributed by atoms with van der Waals surface area (Å²) in [5, 5.41) is 4.65. The van der Waals surface area contributed by atoms with Crippen molar-refractivity contribution in [2.75, 3.05) is 13.6 Å². The van der Waals surface area contributed by atoms with E-state index in [4.69, 9.17) is 0 Å². The van der Waals surface area contributed by atoms with E-state index in [1.807, 2.05) is 0 Å². The highest BCUT2D eigenvalue weighted by atomic mass is 19.4. The number of aryl methyl sites for hydroxylation is 1. The number of hydrogen-bond acceptors (Lipinski definition) is 3. The Hall–Kier alpha value is -2.38. The van der Waals surface area contributed by atoms with Crippen molar-refractivity contribution < 1.29 is 22.8 Å². The summed E-state index contributed by atoms with van der Waals surface area (Å²) in [5.74, 6) is -1.14. The summed E-state index contributed by atoms with van der Waals surface area (Å²) in [5.41, 5.74) is 0.405. The molecule has 0 aromatic carbocycles. The molecule has 8 heteroatoms. The first-order chi connectivity index (χ1) is 10.6. The van der Waals surface area contributed by atoms with Crippen LogP contribution in [-0.4, -0.2) is 36.6 Å². The van der Waals surface area contributed by atoms with E-state index in [2.05, 4.69) is 15.6 Å². The molecule has 0 radical (unpaired) electrons. The maximum atomic E-state index is 12.9. The number of amides is 2. The van der Waals surface area contributed by atoms with Gasteiger partial charge in [0.1, 0.15) is 0 Å². The number of aromatic nitrogens is 1. The maximum absolute atomic E-state index is 12.9. The number of halogens is 3. The van der Waals surface area contributed by atoms with Gasteiger partial charge in [-0.15, -0.1) is 0 Å². The van der Waals surface area contributed by atoms with Crippen molar-refractivity contribution in [3.63, 3.8) is 0 Å². The van der Waals surface area contributed by atoms with Crippen LogP contribution in [0.4, 0.5) is 13.2 Å². The van der Waals surface area contributed by atoms with Gasteiger partial charge in [0.2, 0.25) is 11.8 Å². The topological polar surface area (TPSA) is 71.1 Å². The molecule has 1 rings (SSSR count). The number of carbonyl (C=O) groups excluding carboxylic acids is 2. The molecule has 0 spiro atoms. The zero-order valence-corrected chi connectivity index (χ0v) is 13.0. The number of carbonyl (C=O) groups is 2. The van der Waals surface area contributed by atoms with E-state index >= 15 is 0 Å². The summed E-state index contributed by atoms with van der Waals surface area (Å²) in [4.78, 5) is 27.0. The van der Waals surface area contributed by atoms with Crippen molar-refractivity contribution in [1.29, 1.82) is 0 Å². The lowest BCUT2D eigenvalue weighted by Crippen LogP contribution is -2.31. The Labute approximate surface area is 132 Å². The van der Waals surface area contributed by atoms with Gasteiger partial charge in [0, 0.05) is 32.3 Å². The number of pyridine rings is 1. The fourth-order valence-electron chi connectivity index (χ4n) is 1.89. The SMILES string of the molecule is CNC(=O)/C(CNC(C)=O)=C(\CC(F)(F)F)c1ccc(C)cn1. The molecule has 0 atom stereocenters. The Morgan fingerprint density at radius 3 is 2.35 bits per heavy atom. The minimum Gasteiger partial charge on any atom is -0.355 e. The van der Waals surface area contributed by atoms with Gasteiger partial charge in [-0.1, -0.05) is 6.07 Å². The third-order valence-electron chi connectivity index (χ3n) is 2.98. The number of rotatable bonds is 5. The Kier molecular flexibility index (Phi) is 6.29. The van der Waals surface area contributed by atoms with Crippen LogP contribution in [0, 0.1) is 6.92 Å². The van der Waals surface area contributed by atoms with Gasteiger partial charge < -0.3 is 10.6 Å². The molecule has 2 N–H and O–H groups in total. The smallest absolute Gasteiger partial charge is 0.355 e. The lowest BCUT2D eigenvalue weighted by molar-refractivity contribution is -0.123. The molecule has 1 aromatic rings. The Morgan fingerprint density at radius 2 is 1.91 bits per heavy atom. The van der Waals surface area contributed by atoms with E-state index in [9.17, 15) is 22.8 Å². The molecule has 0 aliphatic rings. The molecule has 0 unspecified atom stereocenters. The molecule has 0 bridgehead atoms. The van der Waals surface area contributed by atoms with Crippen LogP contribution in [0.1, 0.15) is 24.6 Å². The number of nitrogens with zero attached hydrogens (tertiary/aromatic N) is 1. The zero-order valence-electron chi connectivity index (χ0n) is 13.0. The van der Waals surface area contributed by atoms with Gasteiger partial charge in [-0.3, -0.25) is 14.6 Å². The summed E-state index contributed by atoms with van der Waals surface area (Å²) in [6, 6.07) is 3.03. The minimum absolute atomic E-state index is 0.0527. The van der Waals surface area contributed by atoms with Gasteiger partial charge in [-0.25, -0.2) is 0 Å². The summed E-state index contributed by atoms with van der Waals surface area (Å²) in [6.07, 6.45) is -4.41. The predicted molar refractivity (Wildman–Crippen MR) is 79.3 cm³/mol. The second kappa shape index (κ2) is 7.75. The molecule has 1 heterocycles. The highest BCUT2D eigenvalue weighted by Crippen LogP contribution is 2.32. The third-order valence-corrected chi connectivity index (χ3v) is 2.98. The normalized spacial score (nSPS) is 12.4. The fourth-order valence-corrected chi connectivity index (χ4v) is 1.89. The van der Waals surface area contributed by atoms with Crippen molar-refractivity contribution in [2.24, 2.45) is 0 Å². The third kappa shape index (κ3) is 6.09. The maximum Gasteiger partial charge on any atom is 0.393 e. The number of hydrogen-bond donors (Lipinski definition) is 2. The molecule has 0 saturated heterocycles. The first-order valence-corrected chi connectivity index (χ1v) is 6.82. The molecule has 23 heavy (non-hydrogen) atoms. The summed E-state index contributed by atoms with van der Waals surface area (Å²) >= 11 is 0. The van der Waals surface area contributed by atoms with E-state index < -0.39 is 24.4 Å². The van der Waals surface area contributed by atoms with Crippen LogP contribution in [0.3, 0.4) is 0 Å². The van der Waals surface area contributed by atoms with Crippen LogP contribution >= 0.6 is 0 Å². The first-order valence-electron chi connectivity index (χ1n) is 6.82. The highest BCUT2D eigenvalue weighted by molar-refractivity contribution is 6.01. The van der Waals surface area contributed by atoms with E-state index in [1.54, 1.807) is 13.0 Å². The van der Waals surface area contributed by atoms with Gasteiger partial charge in [0.25, 0.3) is 0 Å². The van der Waals surface area contributed by atoms with E-state index in [1.165, 1.54) is 26.2 Å². The second-order valence-corrected chi connectivity index (χ2v) is 4.96. The summed E-state index contributed by atoms with van der Waals surface area (Å²) < 4.78 is 38.7. The molecule has 2 amide bonds. The summed E-state index contributed by atoms with van der Waals surface area (Å²) in [7, 11) is 1.31. The molecular formula is C15H18F3N3O2. The Bertz CT molecular complexity index is 607. The average molecular weight is 329 g/mol. The molecule has 0 aliphatic heterocycles. The second-order valence-electron chi connectivity index (χ2n) is 4.96. The molecule has 0 fully saturated rings. The minimum atomic E-state index is -4.52. The fraction of sp³-hybridized carbons (Fsp3) is 0.400. The van der Waals surface area contributed by atoms with Crippen molar-refractivity contribution in [3.05, 3.63) is 35.2 Å². The van der Waals surface area contributed by atoms with Crippen LogP contribution in [-0.2, 0) is 9.59 Å². The van der Waals surface area contributed by atoms with Crippen LogP contribution < -0.4 is 10.6 Å². The predicted octanol–water partition coefficient (Wildman–Crippen LogP) is 1.98. The van der Waals surface area contributed by atoms with E-state index in [0.29, 0.717) is 0 Å². The Balaban J connectivity index is 3.41. The zero-order chi connectivity index (χ0) is 17.6. The number of likely N-dealkylation sites (N-methyl/N-ethyl adjacent to an activating group) is 1. The van der Waals surface area contributed by atoms with Gasteiger partial charge in [0.15, 0.2) is 0 Å². The van der Waals surface area contributed by atoms with Gasteiger partial charge in [-0.2, -0.15) is 13.2 Å². The summed E-state index contributed by atoms with van der Waals surface area (Å²) in [6.45, 7) is 2.66. The van der Waals surface area contributed by atoms with Crippen LogP contribution in [0.25, 0.3) is 5.57 Å². The molecule has 126 valence electrons. The van der Waals surface area contributed by atoms with Crippen molar-refractivity contribution in [1.82, 2.24) is 15.6 Å². The largest absolute Gasteiger partial charge is 0.393 e. The molecule has 0 saturated carbocycles. The van der Waals surface area contributed by atoms with E-state index in [0.717, 1.165) is 5.56 Å². The Morgan fingerprint density at radius 1 is 1.26 bits per heavy atom. The molecule has 1 aromatic heterocycles. The van der Waals surface area contributed by atoms with Crippen LogP contribution in [0.5, 0.6) is 0 Å². The molecule has 5 nitrogen and oxygen atoms in total. The van der Waals surface area contributed by atoms with Crippen molar-refractivity contribution >= 4 is 17.4 Å². The van der Waals surface area contributed by atoms with Gasteiger partial charge >= 0.3 is 6.18 Å². The highest BCUT2D eigenvalue weighted by Gasteiger charge is 2.32. The lowest BCUT2D eigenvalue weighted by atomic mass is 9.99. The number of alkyl halides is 3. The monoisotopic (exact) mass is 329 g/mol. The first kappa shape index (κ1) is 18.7. The van der Waals surface area contributed by atoms with Gasteiger partial charge in [-0.05, 0) is 24.1 Å². The number of nitrogens with one attached hydrogen (secondary N) is 2. The number of allylic oxidation sites excluding steroid dienone is 1. The standard InChI is InChI=1S/C15H18F3N3O2/c1-9-4-5-13(21-7-9)11(6-15(16,17)18)12(14(23)19-3)8-20-10(2)22/h4-5,7H,6,8H2,1-3H3,(H,19,23)(H,20,22)/b12-11+. The van der Waals surface area contributed by atoms with Crippen molar-refractivity contribution in [3.8, 4) is 0 Å².